The van der Waals surface area contributed by atoms with Gasteiger partial charge in [0.1, 0.15) is 5.82 Å². The highest BCUT2D eigenvalue weighted by molar-refractivity contribution is 6.02. The van der Waals surface area contributed by atoms with Crippen LogP contribution in [-0.2, 0) is 0 Å². The SMILES string of the molecule is O=C(Nc1ccc(C(=O)N2CCC(c3nc4ccccc4[nH]3)CC2)cc1)c1ccco1. The predicted molar refractivity (Wildman–Crippen MR) is 117 cm³/mol. The Bertz CT molecular complexity index is 1170. The highest BCUT2D eigenvalue weighted by atomic mass is 16.3. The standard InChI is InChI=1S/C24H22N4O3/c29-23(21-6-3-15-31-21)25-18-9-7-17(8-10-18)24(30)28-13-11-16(12-14-28)22-26-19-4-1-2-5-20(19)27-22/h1-10,15-16H,11-14H2,(H,25,29)(H,26,27). The van der Waals surface area contributed by atoms with Crippen molar-refractivity contribution in [2.75, 3.05) is 18.4 Å². The fraction of sp³-hybridized carbons (Fsp3) is 0.208. The normalized spacial score (nSPS) is 14.6. The number of rotatable bonds is 4. The quantitative estimate of drug-likeness (QED) is 0.517. The van der Waals surface area contributed by atoms with Gasteiger partial charge in [-0.15, -0.1) is 0 Å². The molecule has 1 saturated heterocycles. The van der Waals surface area contributed by atoms with Gasteiger partial charge in [0.05, 0.1) is 17.3 Å². The van der Waals surface area contributed by atoms with Gasteiger partial charge in [-0.2, -0.15) is 0 Å². The van der Waals surface area contributed by atoms with Crippen molar-refractivity contribution in [3.05, 3.63) is 84.1 Å². The van der Waals surface area contributed by atoms with Crippen LogP contribution in [0.2, 0.25) is 0 Å². The van der Waals surface area contributed by atoms with Gasteiger partial charge < -0.3 is 19.6 Å². The Balaban J connectivity index is 1.19. The van der Waals surface area contributed by atoms with Gasteiger partial charge in [0, 0.05) is 30.3 Å². The summed E-state index contributed by atoms with van der Waals surface area (Å²) in [6.45, 7) is 1.38. The lowest BCUT2D eigenvalue weighted by Crippen LogP contribution is -2.38. The molecule has 31 heavy (non-hydrogen) atoms. The number of imidazole rings is 1. The second-order valence-electron chi connectivity index (χ2n) is 7.71. The van der Waals surface area contributed by atoms with Crippen LogP contribution in [0.3, 0.4) is 0 Å². The number of para-hydroxylation sites is 2. The number of furan rings is 1. The topological polar surface area (TPSA) is 91.2 Å². The molecule has 1 aliphatic rings. The number of anilines is 1. The van der Waals surface area contributed by atoms with Crippen LogP contribution in [0, 0.1) is 0 Å². The number of amides is 2. The molecule has 0 aliphatic carbocycles. The maximum absolute atomic E-state index is 12.9. The van der Waals surface area contributed by atoms with Crippen LogP contribution in [0.15, 0.2) is 71.3 Å². The fourth-order valence-corrected chi connectivity index (χ4v) is 4.00. The Hall–Kier alpha value is -3.87. The zero-order valence-electron chi connectivity index (χ0n) is 16.9. The van der Waals surface area contributed by atoms with E-state index in [0.717, 1.165) is 29.7 Å². The minimum Gasteiger partial charge on any atom is -0.459 e. The Labute approximate surface area is 179 Å². The Kier molecular flexibility index (Phi) is 5.00. The van der Waals surface area contributed by atoms with E-state index in [1.807, 2.05) is 29.2 Å². The van der Waals surface area contributed by atoms with Gasteiger partial charge in [-0.3, -0.25) is 9.59 Å². The lowest BCUT2D eigenvalue weighted by Gasteiger charge is -2.31. The van der Waals surface area contributed by atoms with Crippen molar-refractivity contribution in [2.24, 2.45) is 0 Å². The highest BCUT2D eigenvalue weighted by Gasteiger charge is 2.26. The summed E-state index contributed by atoms with van der Waals surface area (Å²) in [5.41, 5.74) is 3.25. The first-order valence-electron chi connectivity index (χ1n) is 10.4. The van der Waals surface area contributed by atoms with Gasteiger partial charge >= 0.3 is 0 Å². The van der Waals surface area contributed by atoms with E-state index in [4.69, 9.17) is 9.40 Å². The van der Waals surface area contributed by atoms with Crippen LogP contribution in [0.25, 0.3) is 11.0 Å². The molecule has 0 radical (unpaired) electrons. The van der Waals surface area contributed by atoms with Gasteiger partial charge in [-0.1, -0.05) is 12.1 Å². The average molecular weight is 414 g/mol. The van der Waals surface area contributed by atoms with Crippen molar-refractivity contribution in [1.29, 1.82) is 0 Å². The van der Waals surface area contributed by atoms with E-state index in [2.05, 4.69) is 10.3 Å². The molecule has 0 unspecified atom stereocenters. The van der Waals surface area contributed by atoms with Crippen molar-refractivity contribution < 1.29 is 14.0 Å². The van der Waals surface area contributed by atoms with Crippen molar-refractivity contribution in [2.45, 2.75) is 18.8 Å². The van der Waals surface area contributed by atoms with Gasteiger partial charge in [-0.05, 0) is 61.4 Å². The summed E-state index contributed by atoms with van der Waals surface area (Å²) in [6, 6.07) is 18.2. The molecule has 1 aliphatic heterocycles. The van der Waals surface area contributed by atoms with E-state index in [1.165, 1.54) is 6.26 Å². The zero-order valence-corrected chi connectivity index (χ0v) is 16.9. The summed E-state index contributed by atoms with van der Waals surface area (Å²) in [7, 11) is 0. The van der Waals surface area contributed by atoms with E-state index in [-0.39, 0.29) is 17.6 Å². The number of hydrogen-bond acceptors (Lipinski definition) is 4. The zero-order chi connectivity index (χ0) is 21.2. The van der Waals surface area contributed by atoms with Crippen molar-refractivity contribution in [3.63, 3.8) is 0 Å². The van der Waals surface area contributed by atoms with Crippen LogP contribution >= 0.6 is 0 Å². The first kappa shape index (κ1) is 19.1. The number of carbonyl (C=O) groups excluding carboxylic acids is 2. The minimum atomic E-state index is -0.322. The van der Waals surface area contributed by atoms with Crippen LogP contribution in [0.4, 0.5) is 5.69 Å². The molecule has 0 bridgehead atoms. The summed E-state index contributed by atoms with van der Waals surface area (Å²) in [4.78, 5) is 35.0. The van der Waals surface area contributed by atoms with E-state index in [9.17, 15) is 9.59 Å². The molecule has 156 valence electrons. The van der Waals surface area contributed by atoms with Crippen molar-refractivity contribution >= 4 is 28.5 Å². The maximum Gasteiger partial charge on any atom is 0.291 e. The molecule has 7 heteroatoms. The fourth-order valence-electron chi connectivity index (χ4n) is 4.00. The monoisotopic (exact) mass is 414 g/mol. The molecule has 2 aromatic heterocycles. The first-order chi connectivity index (χ1) is 15.2. The predicted octanol–water partition coefficient (Wildman–Crippen LogP) is 4.43. The summed E-state index contributed by atoms with van der Waals surface area (Å²) in [5, 5.41) is 2.76. The van der Waals surface area contributed by atoms with Crippen LogP contribution in [-0.4, -0.2) is 39.8 Å². The number of H-pyrrole nitrogens is 1. The molecule has 1 fully saturated rings. The maximum atomic E-state index is 12.9. The van der Waals surface area contributed by atoms with E-state index in [1.54, 1.807) is 36.4 Å². The molecule has 0 saturated carbocycles. The molecule has 3 heterocycles. The number of aromatic amines is 1. The molecule has 0 spiro atoms. The van der Waals surface area contributed by atoms with Gasteiger partial charge in [0.2, 0.25) is 0 Å². The summed E-state index contributed by atoms with van der Waals surface area (Å²) < 4.78 is 5.09. The number of likely N-dealkylation sites (tertiary alicyclic amines) is 1. The summed E-state index contributed by atoms with van der Waals surface area (Å²) in [6.07, 6.45) is 3.21. The number of fused-ring (bicyclic) bond motifs is 1. The number of benzene rings is 2. The number of aromatic nitrogens is 2. The Morgan fingerprint density at radius 1 is 1.00 bits per heavy atom. The van der Waals surface area contributed by atoms with Gasteiger partial charge in [-0.25, -0.2) is 4.98 Å². The highest BCUT2D eigenvalue weighted by Crippen LogP contribution is 2.28. The van der Waals surface area contributed by atoms with Crippen molar-refractivity contribution in [1.82, 2.24) is 14.9 Å². The van der Waals surface area contributed by atoms with E-state index >= 15 is 0 Å². The third-order valence-corrected chi connectivity index (χ3v) is 5.71. The molecule has 4 aromatic rings. The third kappa shape index (κ3) is 3.94. The summed E-state index contributed by atoms with van der Waals surface area (Å²) >= 11 is 0. The number of nitrogens with one attached hydrogen (secondary N) is 2. The van der Waals surface area contributed by atoms with Crippen LogP contribution < -0.4 is 5.32 Å². The van der Waals surface area contributed by atoms with Gasteiger partial charge in [0.15, 0.2) is 5.76 Å². The van der Waals surface area contributed by atoms with E-state index in [0.29, 0.717) is 30.3 Å². The molecule has 0 atom stereocenters. The lowest BCUT2D eigenvalue weighted by atomic mass is 9.95. The van der Waals surface area contributed by atoms with Crippen molar-refractivity contribution in [3.8, 4) is 0 Å². The Morgan fingerprint density at radius 3 is 2.48 bits per heavy atom. The van der Waals surface area contributed by atoms with Gasteiger partial charge in [0.25, 0.3) is 11.8 Å². The minimum absolute atomic E-state index is 0.00645. The van der Waals surface area contributed by atoms with E-state index < -0.39 is 0 Å². The second kappa shape index (κ2) is 8.10. The molecule has 7 nitrogen and oxygen atoms in total. The summed E-state index contributed by atoms with van der Waals surface area (Å²) in [5.74, 6) is 1.26. The molecular weight excluding hydrogens is 392 g/mol. The van der Waals surface area contributed by atoms with Crippen LogP contribution in [0.5, 0.6) is 0 Å². The number of hydrogen-bond donors (Lipinski definition) is 2. The third-order valence-electron chi connectivity index (χ3n) is 5.71. The Morgan fingerprint density at radius 2 is 1.77 bits per heavy atom. The molecule has 2 N–H and O–H groups in total. The molecule has 2 amide bonds. The first-order valence-corrected chi connectivity index (χ1v) is 10.4. The number of nitrogens with zero attached hydrogens (tertiary/aromatic N) is 2. The average Bonchev–Trinajstić information content (AvgIpc) is 3.49. The largest absolute Gasteiger partial charge is 0.459 e. The second-order valence-corrected chi connectivity index (χ2v) is 7.71. The molecule has 2 aromatic carbocycles. The molecular formula is C24H22N4O3. The number of piperidine rings is 1. The lowest BCUT2D eigenvalue weighted by molar-refractivity contribution is 0.0711. The molecule has 5 rings (SSSR count). The van der Waals surface area contributed by atoms with Crippen LogP contribution in [0.1, 0.15) is 45.5 Å². The smallest absolute Gasteiger partial charge is 0.291 e. The number of carbonyl (C=O) groups is 2.